The van der Waals surface area contributed by atoms with E-state index in [4.69, 9.17) is 5.73 Å². The van der Waals surface area contributed by atoms with Gasteiger partial charge in [-0.1, -0.05) is 0 Å². The molecule has 0 saturated heterocycles. The van der Waals surface area contributed by atoms with Gasteiger partial charge in [0, 0.05) is 17.1 Å². The van der Waals surface area contributed by atoms with Crippen molar-refractivity contribution in [1.82, 2.24) is 9.97 Å². The molecule has 0 amide bonds. The molecule has 0 aliphatic heterocycles. The molecule has 4 nitrogen and oxygen atoms in total. The molecule has 0 bridgehead atoms. The van der Waals surface area contributed by atoms with Crippen molar-refractivity contribution in [1.29, 1.82) is 5.26 Å². The first-order chi connectivity index (χ1) is 9.60. The molecule has 0 radical (unpaired) electrons. The molecule has 3 N–H and O–H groups in total. The highest BCUT2D eigenvalue weighted by atomic mass is 14.8. The monoisotopic (exact) mass is 262 g/mol. The summed E-state index contributed by atoms with van der Waals surface area (Å²) in [6, 6.07) is 9.93. The summed E-state index contributed by atoms with van der Waals surface area (Å²) in [6.07, 6.45) is 1.89. The summed E-state index contributed by atoms with van der Waals surface area (Å²) in [5.41, 5.74) is 11.7. The molecule has 2 aromatic heterocycles. The second-order valence-corrected chi connectivity index (χ2v) is 4.92. The Labute approximate surface area is 116 Å². The van der Waals surface area contributed by atoms with E-state index in [1.54, 1.807) is 0 Å². The highest BCUT2D eigenvalue weighted by Crippen LogP contribution is 2.30. The van der Waals surface area contributed by atoms with Crippen molar-refractivity contribution < 1.29 is 0 Å². The third kappa shape index (κ3) is 1.81. The average Bonchev–Trinajstić information content (AvgIpc) is 2.84. The van der Waals surface area contributed by atoms with Gasteiger partial charge in [0.25, 0.3) is 0 Å². The van der Waals surface area contributed by atoms with Crippen LogP contribution in [0.4, 0.5) is 5.69 Å². The third-order valence-electron chi connectivity index (χ3n) is 3.46. The Hall–Kier alpha value is -2.80. The maximum absolute atomic E-state index is 9.22. The van der Waals surface area contributed by atoms with Crippen LogP contribution in [0, 0.1) is 25.2 Å². The number of fused-ring (bicyclic) bond motifs is 1. The molecule has 0 aliphatic rings. The number of hydrogen-bond acceptors (Lipinski definition) is 3. The zero-order valence-corrected chi connectivity index (χ0v) is 11.4. The van der Waals surface area contributed by atoms with E-state index in [2.05, 4.69) is 22.1 Å². The standard InChI is InChI=1S/C16H14N4/c1-9-5-11(7-17)16-12(6-9)13(8-19-16)15-4-3-14(18)10(2)20-15/h3-6,8,19H,18H2,1-2H3. The van der Waals surface area contributed by atoms with Crippen LogP contribution in [-0.2, 0) is 0 Å². The maximum Gasteiger partial charge on any atom is 0.101 e. The van der Waals surface area contributed by atoms with Gasteiger partial charge in [-0.3, -0.25) is 4.98 Å². The highest BCUT2D eigenvalue weighted by molar-refractivity contribution is 5.98. The van der Waals surface area contributed by atoms with Gasteiger partial charge in [-0.15, -0.1) is 0 Å². The summed E-state index contributed by atoms with van der Waals surface area (Å²) >= 11 is 0. The molecule has 3 rings (SSSR count). The second-order valence-electron chi connectivity index (χ2n) is 4.92. The van der Waals surface area contributed by atoms with Crippen molar-refractivity contribution in [2.24, 2.45) is 0 Å². The minimum atomic E-state index is 0.651. The van der Waals surface area contributed by atoms with Crippen LogP contribution in [-0.4, -0.2) is 9.97 Å². The number of nitrogens with one attached hydrogen (secondary N) is 1. The summed E-state index contributed by atoms with van der Waals surface area (Å²) in [5, 5.41) is 10.2. The van der Waals surface area contributed by atoms with Gasteiger partial charge in [-0.05, 0) is 43.7 Å². The van der Waals surface area contributed by atoms with Crippen molar-refractivity contribution >= 4 is 16.6 Å². The lowest BCUT2D eigenvalue weighted by Gasteiger charge is -2.04. The lowest BCUT2D eigenvalue weighted by Crippen LogP contribution is -1.94. The van der Waals surface area contributed by atoms with Crippen LogP contribution in [0.2, 0.25) is 0 Å². The molecule has 20 heavy (non-hydrogen) atoms. The Morgan fingerprint density at radius 1 is 1.25 bits per heavy atom. The van der Waals surface area contributed by atoms with Crippen LogP contribution in [0.1, 0.15) is 16.8 Å². The summed E-state index contributed by atoms with van der Waals surface area (Å²) < 4.78 is 0. The topological polar surface area (TPSA) is 78.5 Å². The van der Waals surface area contributed by atoms with Gasteiger partial charge in [0.15, 0.2) is 0 Å². The van der Waals surface area contributed by atoms with Crippen molar-refractivity contribution in [2.45, 2.75) is 13.8 Å². The van der Waals surface area contributed by atoms with Gasteiger partial charge in [-0.2, -0.15) is 5.26 Å². The Bertz CT molecular complexity index is 853. The van der Waals surface area contributed by atoms with Gasteiger partial charge in [0.1, 0.15) is 6.07 Å². The number of pyridine rings is 1. The van der Waals surface area contributed by atoms with Crippen LogP contribution < -0.4 is 5.73 Å². The van der Waals surface area contributed by atoms with Gasteiger partial charge in [-0.25, -0.2) is 0 Å². The maximum atomic E-state index is 9.22. The van der Waals surface area contributed by atoms with Crippen molar-refractivity contribution in [3.8, 4) is 17.3 Å². The predicted octanol–water partition coefficient (Wildman–Crippen LogP) is 3.30. The molecule has 0 saturated carbocycles. The minimum Gasteiger partial charge on any atom is -0.397 e. The first kappa shape index (κ1) is 12.2. The zero-order valence-electron chi connectivity index (χ0n) is 11.4. The summed E-state index contributed by atoms with van der Waals surface area (Å²) in [4.78, 5) is 7.70. The van der Waals surface area contributed by atoms with Crippen LogP contribution >= 0.6 is 0 Å². The van der Waals surface area contributed by atoms with E-state index in [-0.39, 0.29) is 0 Å². The van der Waals surface area contributed by atoms with Crippen LogP contribution in [0.25, 0.3) is 22.2 Å². The largest absolute Gasteiger partial charge is 0.397 e. The normalized spacial score (nSPS) is 10.7. The van der Waals surface area contributed by atoms with Crippen LogP contribution in [0.15, 0.2) is 30.5 Å². The van der Waals surface area contributed by atoms with Crippen LogP contribution in [0.3, 0.4) is 0 Å². The average molecular weight is 262 g/mol. The number of nitrogens with zero attached hydrogens (tertiary/aromatic N) is 2. The molecule has 98 valence electrons. The van der Waals surface area contributed by atoms with E-state index < -0.39 is 0 Å². The number of nitrogens with two attached hydrogens (primary N) is 1. The van der Waals surface area contributed by atoms with Gasteiger partial charge >= 0.3 is 0 Å². The smallest absolute Gasteiger partial charge is 0.101 e. The Kier molecular flexibility index (Phi) is 2.69. The number of anilines is 1. The predicted molar refractivity (Wildman–Crippen MR) is 80.1 cm³/mol. The zero-order chi connectivity index (χ0) is 14.3. The van der Waals surface area contributed by atoms with Gasteiger partial charge < -0.3 is 10.7 Å². The number of aromatic nitrogens is 2. The Balaban J connectivity index is 2.30. The summed E-state index contributed by atoms with van der Waals surface area (Å²) in [7, 11) is 0. The number of H-pyrrole nitrogens is 1. The number of aryl methyl sites for hydroxylation is 2. The van der Waals surface area contributed by atoms with E-state index >= 15 is 0 Å². The second kappa shape index (κ2) is 4.39. The lowest BCUT2D eigenvalue weighted by molar-refractivity contribution is 1.21. The molecule has 2 heterocycles. The van der Waals surface area contributed by atoms with Gasteiger partial charge in [0.2, 0.25) is 0 Å². The van der Waals surface area contributed by atoms with E-state index in [0.717, 1.165) is 33.4 Å². The molecule has 0 atom stereocenters. The molecule has 0 fully saturated rings. The molecule has 1 aromatic carbocycles. The fourth-order valence-corrected chi connectivity index (χ4v) is 2.40. The molecule has 3 aromatic rings. The van der Waals surface area contributed by atoms with E-state index in [0.29, 0.717) is 11.3 Å². The molecular formula is C16H14N4. The van der Waals surface area contributed by atoms with E-state index in [1.165, 1.54) is 0 Å². The summed E-state index contributed by atoms with van der Waals surface area (Å²) in [6.45, 7) is 3.87. The van der Waals surface area contributed by atoms with Gasteiger partial charge in [0.05, 0.1) is 28.2 Å². The van der Waals surface area contributed by atoms with Crippen LogP contribution in [0.5, 0.6) is 0 Å². The first-order valence-electron chi connectivity index (χ1n) is 6.35. The number of nitriles is 1. The quantitative estimate of drug-likeness (QED) is 0.706. The van der Waals surface area contributed by atoms with Crippen molar-refractivity contribution in [2.75, 3.05) is 5.73 Å². The number of aromatic amines is 1. The van der Waals surface area contributed by atoms with E-state index in [1.807, 2.05) is 38.2 Å². The van der Waals surface area contributed by atoms with E-state index in [9.17, 15) is 5.26 Å². The SMILES string of the molecule is Cc1cc(C#N)c2[nH]cc(-c3ccc(N)c(C)n3)c2c1. The Morgan fingerprint density at radius 2 is 2.05 bits per heavy atom. The third-order valence-corrected chi connectivity index (χ3v) is 3.46. The molecular weight excluding hydrogens is 248 g/mol. The highest BCUT2D eigenvalue weighted by Gasteiger charge is 2.11. The first-order valence-corrected chi connectivity index (χ1v) is 6.35. The minimum absolute atomic E-state index is 0.651. The molecule has 0 unspecified atom stereocenters. The van der Waals surface area contributed by atoms with Crippen molar-refractivity contribution in [3.05, 3.63) is 47.3 Å². The number of hydrogen-bond donors (Lipinski definition) is 2. The van der Waals surface area contributed by atoms with Crippen molar-refractivity contribution in [3.63, 3.8) is 0 Å². The summed E-state index contributed by atoms with van der Waals surface area (Å²) in [5.74, 6) is 0. The fraction of sp³-hybridized carbons (Fsp3) is 0.125. The number of benzene rings is 1. The molecule has 4 heteroatoms. The lowest BCUT2D eigenvalue weighted by atomic mass is 10.0. The molecule has 0 aliphatic carbocycles. The number of nitrogen functional groups attached to an aromatic ring is 1. The number of rotatable bonds is 1. The molecule has 0 spiro atoms. The Morgan fingerprint density at radius 3 is 2.75 bits per heavy atom. The fourth-order valence-electron chi connectivity index (χ4n) is 2.40.